The molecule has 0 amide bonds. The highest BCUT2D eigenvalue weighted by Gasteiger charge is 2.07. The van der Waals surface area contributed by atoms with E-state index < -0.39 is 0 Å². The number of nitriles is 1. The van der Waals surface area contributed by atoms with E-state index in [9.17, 15) is 0 Å². The van der Waals surface area contributed by atoms with Crippen molar-refractivity contribution >= 4 is 22.7 Å². The van der Waals surface area contributed by atoms with Crippen molar-refractivity contribution in [1.29, 1.82) is 5.26 Å². The minimum atomic E-state index is 0.436. The standard InChI is InChI=1S/C12H13N3S2/c1-9(12-15-4-5-16-12)7-14-8-11-3-2-10(6-13)17-11/h2-5,9,14H,7-8H2,1H3. The molecule has 5 heteroatoms. The van der Waals surface area contributed by atoms with E-state index in [0.29, 0.717) is 5.92 Å². The molecule has 1 N–H and O–H groups in total. The van der Waals surface area contributed by atoms with Crippen molar-refractivity contribution in [1.82, 2.24) is 10.3 Å². The van der Waals surface area contributed by atoms with E-state index in [0.717, 1.165) is 18.0 Å². The lowest BCUT2D eigenvalue weighted by Crippen LogP contribution is -2.18. The fourth-order valence-electron chi connectivity index (χ4n) is 1.51. The van der Waals surface area contributed by atoms with Crippen LogP contribution >= 0.6 is 22.7 Å². The molecule has 17 heavy (non-hydrogen) atoms. The van der Waals surface area contributed by atoms with Crippen LogP contribution in [0.2, 0.25) is 0 Å². The number of aromatic nitrogens is 1. The summed E-state index contributed by atoms with van der Waals surface area (Å²) in [5.74, 6) is 0.436. The van der Waals surface area contributed by atoms with Crippen LogP contribution in [-0.4, -0.2) is 11.5 Å². The number of hydrogen-bond donors (Lipinski definition) is 1. The molecule has 88 valence electrons. The lowest BCUT2D eigenvalue weighted by atomic mass is 10.2. The van der Waals surface area contributed by atoms with E-state index >= 15 is 0 Å². The van der Waals surface area contributed by atoms with Gasteiger partial charge in [0.25, 0.3) is 0 Å². The van der Waals surface area contributed by atoms with Crippen LogP contribution in [0.15, 0.2) is 23.7 Å². The zero-order valence-corrected chi connectivity index (χ0v) is 11.1. The van der Waals surface area contributed by atoms with Gasteiger partial charge in [0.1, 0.15) is 10.9 Å². The third-order valence-corrected chi connectivity index (χ3v) is 4.39. The van der Waals surface area contributed by atoms with E-state index in [2.05, 4.69) is 23.3 Å². The maximum Gasteiger partial charge on any atom is 0.110 e. The summed E-state index contributed by atoms with van der Waals surface area (Å²) >= 11 is 3.24. The molecular weight excluding hydrogens is 250 g/mol. The average Bonchev–Trinajstić information content (AvgIpc) is 3.00. The van der Waals surface area contributed by atoms with Crippen LogP contribution in [0.5, 0.6) is 0 Å². The molecule has 0 spiro atoms. The van der Waals surface area contributed by atoms with Crippen molar-refractivity contribution in [3.8, 4) is 6.07 Å². The summed E-state index contributed by atoms with van der Waals surface area (Å²) in [5, 5.41) is 15.3. The van der Waals surface area contributed by atoms with Crippen molar-refractivity contribution in [2.75, 3.05) is 6.54 Å². The van der Waals surface area contributed by atoms with Crippen LogP contribution in [0, 0.1) is 11.3 Å². The molecule has 0 aliphatic rings. The third kappa shape index (κ3) is 3.37. The Morgan fingerprint density at radius 3 is 3.06 bits per heavy atom. The van der Waals surface area contributed by atoms with Gasteiger partial charge in [-0.1, -0.05) is 6.92 Å². The highest BCUT2D eigenvalue weighted by atomic mass is 32.1. The summed E-state index contributed by atoms with van der Waals surface area (Å²) in [7, 11) is 0. The van der Waals surface area contributed by atoms with Gasteiger partial charge in [0, 0.05) is 35.5 Å². The lowest BCUT2D eigenvalue weighted by molar-refractivity contribution is 0.616. The maximum atomic E-state index is 8.72. The van der Waals surface area contributed by atoms with E-state index in [1.165, 1.54) is 9.88 Å². The number of thiazole rings is 1. The first-order valence-electron chi connectivity index (χ1n) is 5.38. The molecule has 0 aromatic carbocycles. The number of rotatable bonds is 5. The van der Waals surface area contributed by atoms with Crippen molar-refractivity contribution < 1.29 is 0 Å². The van der Waals surface area contributed by atoms with E-state index in [1.54, 1.807) is 22.7 Å². The Balaban J connectivity index is 1.78. The number of hydrogen-bond acceptors (Lipinski definition) is 5. The molecule has 0 saturated heterocycles. The SMILES string of the molecule is CC(CNCc1ccc(C#N)s1)c1nccs1. The topological polar surface area (TPSA) is 48.7 Å². The van der Waals surface area contributed by atoms with Crippen LogP contribution in [0.1, 0.15) is 27.6 Å². The molecular formula is C12H13N3S2. The molecule has 0 radical (unpaired) electrons. The Labute approximate surface area is 109 Å². The summed E-state index contributed by atoms with van der Waals surface area (Å²) in [6.07, 6.45) is 1.84. The zero-order chi connectivity index (χ0) is 12.1. The van der Waals surface area contributed by atoms with Gasteiger partial charge < -0.3 is 5.32 Å². The van der Waals surface area contributed by atoms with Crippen molar-refractivity contribution in [2.45, 2.75) is 19.4 Å². The smallest absolute Gasteiger partial charge is 0.110 e. The quantitative estimate of drug-likeness (QED) is 0.902. The predicted molar refractivity (Wildman–Crippen MR) is 71.3 cm³/mol. The van der Waals surface area contributed by atoms with Crippen molar-refractivity contribution in [3.63, 3.8) is 0 Å². The van der Waals surface area contributed by atoms with Gasteiger partial charge in [0.15, 0.2) is 0 Å². The second kappa shape index (κ2) is 5.92. The van der Waals surface area contributed by atoms with Crippen LogP contribution in [0.25, 0.3) is 0 Å². The Morgan fingerprint density at radius 1 is 1.53 bits per heavy atom. The minimum Gasteiger partial charge on any atom is -0.311 e. The lowest BCUT2D eigenvalue weighted by Gasteiger charge is -2.08. The molecule has 2 rings (SSSR count). The molecule has 3 nitrogen and oxygen atoms in total. The summed E-state index contributed by atoms with van der Waals surface area (Å²) in [6.45, 7) is 3.90. The maximum absolute atomic E-state index is 8.72. The van der Waals surface area contributed by atoms with Crippen molar-refractivity contribution in [3.05, 3.63) is 38.5 Å². The summed E-state index contributed by atoms with van der Waals surface area (Å²) in [4.78, 5) is 6.27. The van der Waals surface area contributed by atoms with E-state index in [-0.39, 0.29) is 0 Å². The Hall–Kier alpha value is -1.22. The van der Waals surface area contributed by atoms with E-state index in [4.69, 9.17) is 5.26 Å². The normalized spacial score (nSPS) is 12.2. The molecule has 2 heterocycles. The fourth-order valence-corrected chi connectivity index (χ4v) is 2.98. The number of nitrogens with one attached hydrogen (secondary N) is 1. The fraction of sp³-hybridized carbons (Fsp3) is 0.333. The molecule has 0 bridgehead atoms. The van der Waals surface area contributed by atoms with Gasteiger partial charge in [-0.2, -0.15) is 5.26 Å². The molecule has 1 unspecified atom stereocenters. The molecule has 0 aliphatic heterocycles. The highest BCUT2D eigenvalue weighted by Crippen LogP contribution is 2.18. The Morgan fingerprint density at radius 2 is 2.41 bits per heavy atom. The second-order valence-corrected chi connectivity index (χ2v) is 5.87. The van der Waals surface area contributed by atoms with Crippen LogP contribution in [0.3, 0.4) is 0 Å². The predicted octanol–water partition coefficient (Wildman–Crippen LogP) is 2.97. The number of thiophene rings is 1. The second-order valence-electron chi connectivity index (χ2n) is 3.78. The van der Waals surface area contributed by atoms with Crippen molar-refractivity contribution in [2.24, 2.45) is 0 Å². The first-order chi connectivity index (χ1) is 8.29. The third-order valence-electron chi connectivity index (χ3n) is 2.39. The van der Waals surface area contributed by atoms with Gasteiger partial charge >= 0.3 is 0 Å². The summed E-state index contributed by atoms with van der Waals surface area (Å²) in [5.41, 5.74) is 0. The van der Waals surface area contributed by atoms with Gasteiger partial charge in [-0.15, -0.1) is 22.7 Å². The first kappa shape index (κ1) is 12.2. The molecule has 0 fully saturated rings. The highest BCUT2D eigenvalue weighted by molar-refractivity contribution is 7.12. The van der Waals surface area contributed by atoms with Crippen LogP contribution in [0.4, 0.5) is 0 Å². The molecule has 2 aromatic rings. The number of nitrogens with zero attached hydrogens (tertiary/aromatic N) is 2. The summed E-state index contributed by atoms with van der Waals surface area (Å²) < 4.78 is 0. The Bertz CT molecular complexity index is 496. The summed E-state index contributed by atoms with van der Waals surface area (Å²) in [6, 6.07) is 6.02. The Kier molecular flexibility index (Phi) is 4.26. The van der Waals surface area contributed by atoms with Gasteiger partial charge in [-0.05, 0) is 12.1 Å². The van der Waals surface area contributed by atoms with Crippen LogP contribution < -0.4 is 5.32 Å². The molecule has 1 atom stereocenters. The monoisotopic (exact) mass is 263 g/mol. The van der Waals surface area contributed by atoms with Gasteiger partial charge in [0.05, 0.1) is 5.01 Å². The van der Waals surface area contributed by atoms with Crippen LogP contribution in [-0.2, 0) is 6.54 Å². The largest absolute Gasteiger partial charge is 0.311 e. The van der Waals surface area contributed by atoms with Gasteiger partial charge in [-0.25, -0.2) is 4.98 Å². The van der Waals surface area contributed by atoms with E-state index in [1.807, 2.05) is 23.7 Å². The first-order valence-corrected chi connectivity index (χ1v) is 7.08. The molecule has 2 aromatic heterocycles. The minimum absolute atomic E-state index is 0.436. The van der Waals surface area contributed by atoms with Gasteiger partial charge in [-0.3, -0.25) is 0 Å². The average molecular weight is 263 g/mol. The zero-order valence-electron chi connectivity index (χ0n) is 9.51. The molecule has 0 aliphatic carbocycles. The molecule has 0 saturated carbocycles. The van der Waals surface area contributed by atoms with Gasteiger partial charge in [0.2, 0.25) is 0 Å².